The van der Waals surface area contributed by atoms with E-state index in [0.29, 0.717) is 19.5 Å². The topological polar surface area (TPSA) is 86.7 Å². The van der Waals surface area contributed by atoms with Crippen molar-refractivity contribution in [3.05, 3.63) is 0 Å². The van der Waals surface area contributed by atoms with E-state index in [4.69, 9.17) is 5.11 Å². The van der Waals surface area contributed by atoms with Crippen LogP contribution in [0.3, 0.4) is 0 Å². The summed E-state index contributed by atoms with van der Waals surface area (Å²) in [7, 11) is 0. The summed E-state index contributed by atoms with van der Waals surface area (Å²) in [6.45, 7) is 2.48. The van der Waals surface area contributed by atoms with Crippen molar-refractivity contribution in [1.29, 1.82) is 0 Å². The van der Waals surface area contributed by atoms with Gasteiger partial charge in [-0.2, -0.15) is 0 Å². The molecule has 15 heavy (non-hydrogen) atoms. The molecule has 6 heteroatoms. The van der Waals surface area contributed by atoms with E-state index >= 15 is 0 Å². The fourth-order valence-corrected chi connectivity index (χ4v) is 1.38. The number of hydrogen-bond donors (Lipinski definition) is 2. The van der Waals surface area contributed by atoms with Crippen LogP contribution in [0.2, 0.25) is 0 Å². The van der Waals surface area contributed by atoms with Gasteiger partial charge in [0.25, 0.3) is 0 Å². The number of nitrogens with one attached hydrogen (secondary N) is 1. The SMILES string of the molecule is CC(CN1CCCNC(=O)C1=O)C(=O)O. The molecule has 6 nitrogen and oxygen atoms in total. The highest BCUT2D eigenvalue weighted by molar-refractivity contribution is 6.35. The van der Waals surface area contributed by atoms with Gasteiger partial charge in [-0.15, -0.1) is 0 Å². The molecule has 0 aromatic rings. The molecule has 0 aromatic carbocycles. The molecular formula is C9H14N2O4. The Morgan fingerprint density at radius 3 is 2.87 bits per heavy atom. The molecule has 0 aromatic heterocycles. The normalized spacial score (nSPS) is 19.4. The predicted octanol–water partition coefficient (Wildman–Crippen LogP) is -0.944. The summed E-state index contributed by atoms with van der Waals surface area (Å²) < 4.78 is 0. The molecule has 2 amide bonds. The molecule has 2 N–H and O–H groups in total. The van der Waals surface area contributed by atoms with Gasteiger partial charge >= 0.3 is 17.8 Å². The highest BCUT2D eigenvalue weighted by Crippen LogP contribution is 2.04. The van der Waals surface area contributed by atoms with Crippen molar-refractivity contribution in [3.8, 4) is 0 Å². The lowest BCUT2D eigenvalue weighted by Gasteiger charge is -2.20. The number of carboxylic acid groups (broad SMARTS) is 1. The summed E-state index contributed by atoms with van der Waals surface area (Å²) in [6.07, 6.45) is 0.657. The average molecular weight is 214 g/mol. The summed E-state index contributed by atoms with van der Waals surface area (Å²) in [4.78, 5) is 34.5. The second-order valence-corrected chi connectivity index (χ2v) is 3.60. The van der Waals surface area contributed by atoms with Gasteiger partial charge in [0.1, 0.15) is 0 Å². The van der Waals surface area contributed by atoms with Crippen molar-refractivity contribution in [1.82, 2.24) is 10.2 Å². The Balaban J connectivity index is 2.62. The van der Waals surface area contributed by atoms with E-state index in [0.717, 1.165) is 0 Å². The Morgan fingerprint density at radius 1 is 1.60 bits per heavy atom. The molecule has 0 spiro atoms. The van der Waals surface area contributed by atoms with Crippen LogP contribution in [-0.4, -0.2) is 47.4 Å². The van der Waals surface area contributed by atoms with Crippen LogP contribution in [0.4, 0.5) is 0 Å². The molecule has 0 saturated carbocycles. The third-order valence-electron chi connectivity index (χ3n) is 2.29. The summed E-state index contributed by atoms with van der Waals surface area (Å²) in [6, 6.07) is 0. The van der Waals surface area contributed by atoms with Gasteiger partial charge in [0.2, 0.25) is 0 Å². The van der Waals surface area contributed by atoms with Gasteiger partial charge in [0.05, 0.1) is 5.92 Å². The minimum atomic E-state index is -0.965. The largest absolute Gasteiger partial charge is 0.481 e. The summed E-state index contributed by atoms with van der Waals surface area (Å²) in [5.41, 5.74) is 0. The molecule has 1 unspecified atom stereocenters. The number of rotatable bonds is 3. The van der Waals surface area contributed by atoms with Crippen molar-refractivity contribution in [2.45, 2.75) is 13.3 Å². The summed E-state index contributed by atoms with van der Waals surface area (Å²) in [5, 5.41) is 11.1. The van der Waals surface area contributed by atoms with Gasteiger partial charge in [0, 0.05) is 19.6 Å². The third-order valence-corrected chi connectivity index (χ3v) is 2.29. The van der Waals surface area contributed by atoms with Gasteiger partial charge < -0.3 is 15.3 Å². The third kappa shape index (κ3) is 2.93. The minimum Gasteiger partial charge on any atom is -0.481 e. The molecule has 1 heterocycles. The monoisotopic (exact) mass is 214 g/mol. The second-order valence-electron chi connectivity index (χ2n) is 3.60. The molecule has 1 fully saturated rings. The highest BCUT2D eigenvalue weighted by Gasteiger charge is 2.26. The van der Waals surface area contributed by atoms with Gasteiger partial charge in [0.15, 0.2) is 0 Å². The molecule has 1 atom stereocenters. The first-order valence-electron chi connectivity index (χ1n) is 4.82. The molecule has 0 aliphatic carbocycles. The van der Waals surface area contributed by atoms with Crippen molar-refractivity contribution >= 4 is 17.8 Å². The molecule has 1 aliphatic rings. The van der Waals surface area contributed by atoms with Crippen molar-refractivity contribution in [3.63, 3.8) is 0 Å². The lowest BCUT2D eigenvalue weighted by atomic mass is 10.1. The van der Waals surface area contributed by atoms with E-state index in [9.17, 15) is 14.4 Å². The second kappa shape index (κ2) is 4.77. The maximum absolute atomic E-state index is 11.4. The zero-order valence-electron chi connectivity index (χ0n) is 8.52. The zero-order valence-corrected chi connectivity index (χ0v) is 8.52. The molecule has 1 rings (SSSR count). The van der Waals surface area contributed by atoms with Gasteiger partial charge in [-0.25, -0.2) is 0 Å². The molecule has 84 valence electrons. The van der Waals surface area contributed by atoms with Gasteiger partial charge in [-0.1, -0.05) is 6.92 Å². The first-order valence-corrected chi connectivity index (χ1v) is 4.82. The van der Waals surface area contributed by atoms with Gasteiger partial charge in [-0.05, 0) is 6.42 Å². The number of amides is 2. The fourth-order valence-electron chi connectivity index (χ4n) is 1.38. The first kappa shape index (κ1) is 11.5. The summed E-state index contributed by atoms with van der Waals surface area (Å²) in [5.74, 6) is -2.90. The van der Waals surface area contributed by atoms with Crippen LogP contribution in [0, 0.1) is 5.92 Å². The van der Waals surface area contributed by atoms with Crippen LogP contribution in [-0.2, 0) is 14.4 Å². The summed E-state index contributed by atoms with van der Waals surface area (Å²) >= 11 is 0. The van der Waals surface area contributed by atoms with Crippen LogP contribution in [0.25, 0.3) is 0 Å². The lowest BCUT2D eigenvalue weighted by molar-refractivity contribution is -0.147. The quantitative estimate of drug-likeness (QED) is 0.593. The van der Waals surface area contributed by atoms with Crippen LogP contribution < -0.4 is 5.32 Å². The lowest BCUT2D eigenvalue weighted by Crippen LogP contribution is -2.42. The molecule has 0 radical (unpaired) electrons. The predicted molar refractivity (Wildman–Crippen MR) is 51.0 cm³/mol. The van der Waals surface area contributed by atoms with Crippen LogP contribution in [0.15, 0.2) is 0 Å². The van der Waals surface area contributed by atoms with Crippen molar-refractivity contribution in [2.75, 3.05) is 19.6 Å². The number of nitrogens with zero attached hydrogens (tertiary/aromatic N) is 1. The number of aliphatic carboxylic acids is 1. The molecular weight excluding hydrogens is 200 g/mol. The maximum Gasteiger partial charge on any atom is 0.311 e. The Kier molecular flexibility index (Phi) is 3.65. The fraction of sp³-hybridized carbons (Fsp3) is 0.667. The Labute approximate surface area is 87.2 Å². The van der Waals surface area contributed by atoms with E-state index in [2.05, 4.69) is 5.32 Å². The molecule has 0 bridgehead atoms. The van der Waals surface area contributed by atoms with Crippen LogP contribution >= 0.6 is 0 Å². The maximum atomic E-state index is 11.4. The Hall–Kier alpha value is -1.59. The number of carboxylic acids is 1. The Bertz CT molecular complexity index is 290. The van der Waals surface area contributed by atoms with E-state index in [1.165, 1.54) is 11.8 Å². The molecule has 1 aliphatic heterocycles. The van der Waals surface area contributed by atoms with E-state index in [-0.39, 0.29) is 6.54 Å². The standard InChI is InChI=1S/C9H14N2O4/c1-6(9(14)15)5-11-4-2-3-10-7(12)8(11)13/h6H,2-5H2,1H3,(H,10,12)(H,14,15). The van der Waals surface area contributed by atoms with Crippen molar-refractivity contribution < 1.29 is 19.5 Å². The van der Waals surface area contributed by atoms with Gasteiger partial charge in [-0.3, -0.25) is 14.4 Å². The van der Waals surface area contributed by atoms with E-state index < -0.39 is 23.7 Å². The van der Waals surface area contributed by atoms with E-state index in [1.807, 2.05) is 0 Å². The van der Waals surface area contributed by atoms with Crippen LogP contribution in [0.1, 0.15) is 13.3 Å². The number of carbonyl (C=O) groups is 3. The number of carbonyl (C=O) groups excluding carboxylic acids is 2. The average Bonchev–Trinajstić information content (AvgIpc) is 2.33. The van der Waals surface area contributed by atoms with Crippen LogP contribution in [0.5, 0.6) is 0 Å². The Morgan fingerprint density at radius 2 is 2.27 bits per heavy atom. The van der Waals surface area contributed by atoms with E-state index in [1.54, 1.807) is 0 Å². The zero-order chi connectivity index (χ0) is 11.4. The minimum absolute atomic E-state index is 0.0849. The molecule has 1 saturated heterocycles. The number of hydrogen-bond acceptors (Lipinski definition) is 3. The first-order chi connectivity index (χ1) is 7.02. The smallest absolute Gasteiger partial charge is 0.311 e. The van der Waals surface area contributed by atoms with Crippen molar-refractivity contribution in [2.24, 2.45) is 5.92 Å². The highest BCUT2D eigenvalue weighted by atomic mass is 16.4.